The van der Waals surface area contributed by atoms with Gasteiger partial charge in [0.1, 0.15) is 12.0 Å². The molecule has 0 fully saturated rings. The number of nitrogens with one attached hydrogen (secondary N) is 1. The number of benzene rings is 2. The SMILES string of the molecule is CC1(C)C2=CC(C3N=C(c4ccc5c(c4)C(C)(C)C4=C5C=CCC4)N=C(c4ccc5c(c4)C(C)(C)C4=C5C=CCC4)N3)=CCC2C2=C1C=CCC2. The highest BCUT2D eigenvalue weighted by molar-refractivity contribution is 6.14. The van der Waals surface area contributed by atoms with Crippen LogP contribution in [0, 0.1) is 11.3 Å². The van der Waals surface area contributed by atoms with Crippen molar-refractivity contribution >= 4 is 22.8 Å². The summed E-state index contributed by atoms with van der Waals surface area (Å²) in [5, 5.41) is 3.88. The van der Waals surface area contributed by atoms with Gasteiger partial charge in [-0.05, 0) is 102 Å². The fourth-order valence-corrected chi connectivity index (χ4v) is 10.9. The fraction of sp³-hybridized carbons (Fsp3) is 0.375. The first kappa shape index (κ1) is 31.3. The molecule has 0 aromatic heterocycles. The first-order valence-corrected chi connectivity index (χ1v) is 19.4. The van der Waals surface area contributed by atoms with E-state index in [1.165, 1.54) is 45.4 Å². The monoisotopic (exact) mass is 667 g/mol. The molecule has 51 heavy (non-hydrogen) atoms. The third kappa shape index (κ3) is 4.42. The maximum atomic E-state index is 5.46. The molecule has 0 saturated heterocycles. The molecule has 1 N–H and O–H groups in total. The van der Waals surface area contributed by atoms with E-state index in [9.17, 15) is 0 Å². The summed E-state index contributed by atoms with van der Waals surface area (Å²) < 4.78 is 0. The van der Waals surface area contributed by atoms with Crippen LogP contribution in [0.4, 0.5) is 0 Å². The fourth-order valence-electron chi connectivity index (χ4n) is 10.9. The van der Waals surface area contributed by atoms with Crippen molar-refractivity contribution in [2.75, 3.05) is 0 Å². The van der Waals surface area contributed by atoms with E-state index in [2.05, 4.69) is 132 Å². The number of hydrogen-bond donors (Lipinski definition) is 1. The van der Waals surface area contributed by atoms with Crippen LogP contribution in [0.5, 0.6) is 0 Å². The lowest BCUT2D eigenvalue weighted by atomic mass is 9.75. The van der Waals surface area contributed by atoms with Crippen LogP contribution in [0.1, 0.15) is 120 Å². The zero-order valence-electron chi connectivity index (χ0n) is 31.1. The van der Waals surface area contributed by atoms with E-state index in [0.717, 1.165) is 61.3 Å². The smallest absolute Gasteiger partial charge is 0.159 e. The van der Waals surface area contributed by atoms with Gasteiger partial charge in [-0.25, -0.2) is 9.98 Å². The van der Waals surface area contributed by atoms with Crippen LogP contribution in [0.2, 0.25) is 0 Å². The third-order valence-electron chi connectivity index (χ3n) is 13.7. The molecule has 7 aliphatic carbocycles. The lowest BCUT2D eigenvalue weighted by Crippen LogP contribution is -2.40. The van der Waals surface area contributed by atoms with Crippen molar-refractivity contribution in [2.45, 2.75) is 103 Å². The van der Waals surface area contributed by atoms with Gasteiger partial charge in [0.2, 0.25) is 0 Å². The van der Waals surface area contributed by atoms with Gasteiger partial charge in [0.25, 0.3) is 0 Å². The molecule has 0 amide bonds. The van der Waals surface area contributed by atoms with Crippen LogP contribution in [-0.2, 0) is 10.8 Å². The molecule has 10 rings (SSSR count). The van der Waals surface area contributed by atoms with Crippen molar-refractivity contribution in [3.8, 4) is 0 Å². The zero-order chi connectivity index (χ0) is 34.9. The molecule has 1 aliphatic heterocycles. The topological polar surface area (TPSA) is 36.8 Å². The summed E-state index contributed by atoms with van der Waals surface area (Å²) in [5.41, 5.74) is 19.8. The van der Waals surface area contributed by atoms with Crippen molar-refractivity contribution in [1.29, 1.82) is 0 Å². The average Bonchev–Trinajstić information content (AvgIpc) is 3.64. The summed E-state index contributed by atoms with van der Waals surface area (Å²) in [4.78, 5) is 10.8. The highest BCUT2D eigenvalue weighted by atomic mass is 15.2. The number of fused-ring (bicyclic) bond motifs is 6. The van der Waals surface area contributed by atoms with Gasteiger partial charge in [-0.2, -0.15) is 0 Å². The van der Waals surface area contributed by atoms with Crippen molar-refractivity contribution in [1.82, 2.24) is 5.32 Å². The standard InChI is InChI=1S/C48H49N3/c1-46(2)37-16-10-7-13-31(37)34-22-19-28(25-40(34)46)43-49-44(29-20-23-35-32-14-8-11-17-38(32)47(3,4)41(35)26-29)51-45(50-43)30-21-24-36-33-15-9-12-18-39(33)48(5,6)42(36)27-30/h7-8,12-14,18-23,25-27,36,45H,9-11,15-17,24H2,1-6H3,(H,49,50,51). The Labute approximate surface area is 303 Å². The average molecular weight is 668 g/mol. The van der Waals surface area contributed by atoms with Gasteiger partial charge in [-0.1, -0.05) is 137 Å². The predicted molar refractivity (Wildman–Crippen MR) is 213 cm³/mol. The summed E-state index contributed by atoms with van der Waals surface area (Å²) in [6.07, 6.45) is 26.8. The van der Waals surface area contributed by atoms with Crippen molar-refractivity contribution in [3.63, 3.8) is 0 Å². The van der Waals surface area contributed by atoms with Crippen LogP contribution >= 0.6 is 0 Å². The Balaban J connectivity index is 1.07. The zero-order valence-corrected chi connectivity index (χ0v) is 31.1. The van der Waals surface area contributed by atoms with Crippen LogP contribution in [0.25, 0.3) is 11.1 Å². The van der Waals surface area contributed by atoms with Gasteiger partial charge in [-0.15, -0.1) is 0 Å². The normalized spacial score (nSPS) is 27.1. The number of amidine groups is 2. The van der Waals surface area contributed by atoms with Crippen LogP contribution < -0.4 is 5.32 Å². The van der Waals surface area contributed by atoms with E-state index in [1.807, 2.05) is 0 Å². The lowest BCUT2D eigenvalue weighted by Gasteiger charge is -2.32. The van der Waals surface area contributed by atoms with Crippen LogP contribution in [0.15, 0.2) is 128 Å². The minimum atomic E-state index is -0.212. The minimum absolute atomic E-state index is 0.00303. The van der Waals surface area contributed by atoms with Crippen molar-refractivity contribution < 1.29 is 0 Å². The van der Waals surface area contributed by atoms with Gasteiger partial charge >= 0.3 is 0 Å². The molecule has 2 aromatic carbocycles. The Morgan fingerprint density at radius 1 is 0.686 bits per heavy atom. The summed E-state index contributed by atoms with van der Waals surface area (Å²) in [6, 6.07) is 14.0. The minimum Gasteiger partial charge on any atom is -0.344 e. The Hall–Kier alpha value is -4.50. The van der Waals surface area contributed by atoms with E-state index in [0.29, 0.717) is 5.92 Å². The van der Waals surface area contributed by atoms with Gasteiger partial charge in [-0.3, -0.25) is 0 Å². The number of nitrogens with zero attached hydrogens (tertiary/aromatic N) is 2. The van der Waals surface area contributed by atoms with Gasteiger partial charge in [0.15, 0.2) is 5.84 Å². The molecular weight excluding hydrogens is 619 g/mol. The Morgan fingerprint density at radius 3 is 1.98 bits per heavy atom. The predicted octanol–water partition coefficient (Wildman–Crippen LogP) is 11.2. The van der Waals surface area contributed by atoms with E-state index in [-0.39, 0.29) is 22.4 Å². The lowest BCUT2D eigenvalue weighted by molar-refractivity contribution is 0.522. The van der Waals surface area contributed by atoms with Crippen molar-refractivity contribution in [3.05, 3.63) is 152 Å². The molecule has 256 valence electrons. The highest BCUT2D eigenvalue weighted by Crippen LogP contribution is 2.56. The molecule has 2 atom stereocenters. The highest BCUT2D eigenvalue weighted by Gasteiger charge is 2.44. The molecule has 0 bridgehead atoms. The number of aliphatic imine (C=N–C) groups is 2. The second-order valence-electron chi connectivity index (χ2n) is 17.5. The van der Waals surface area contributed by atoms with E-state index < -0.39 is 0 Å². The molecule has 8 aliphatic rings. The summed E-state index contributed by atoms with van der Waals surface area (Å²) >= 11 is 0. The Kier molecular flexibility index (Phi) is 6.59. The molecule has 2 aromatic rings. The number of hydrogen-bond acceptors (Lipinski definition) is 3. The molecule has 1 heterocycles. The molecule has 3 heteroatoms. The van der Waals surface area contributed by atoms with Gasteiger partial charge in [0.05, 0.1) is 0 Å². The molecular formula is C48H49N3. The maximum Gasteiger partial charge on any atom is 0.159 e. The van der Waals surface area contributed by atoms with Gasteiger partial charge < -0.3 is 5.32 Å². The number of allylic oxidation sites excluding steroid dienone is 14. The van der Waals surface area contributed by atoms with Crippen molar-refractivity contribution in [2.24, 2.45) is 21.3 Å². The largest absolute Gasteiger partial charge is 0.344 e. The van der Waals surface area contributed by atoms with Crippen LogP contribution in [-0.4, -0.2) is 17.8 Å². The summed E-state index contributed by atoms with van der Waals surface area (Å²) in [7, 11) is 0. The first-order chi connectivity index (χ1) is 24.5. The maximum absolute atomic E-state index is 5.46. The van der Waals surface area contributed by atoms with E-state index >= 15 is 0 Å². The second-order valence-corrected chi connectivity index (χ2v) is 17.5. The van der Waals surface area contributed by atoms with Gasteiger partial charge in [0, 0.05) is 33.3 Å². The summed E-state index contributed by atoms with van der Waals surface area (Å²) in [6.45, 7) is 14.4. The molecule has 0 saturated carbocycles. The number of rotatable bonds is 3. The van der Waals surface area contributed by atoms with E-state index in [4.69, 9.17) is 9.98 Å². The second kappa shape index (κ2) is 10.8. The van der Waals surface area contributed by atoms with E-state index in [1.54, 1.807) is 27.9 Å². The molecule has 2 unspecified atom stereocenters. The summed E-state index contributed by atoms with van der Waals surface area (Å²) in [5.74, 6) is 2.25. The third-order valence-corrected chi connectivity index (χ3v) is 13.7. The molecule has 0 spiro atoms. The Bertz CT molecular complexity index is 2280. The quantitative estimate of drug-likeness (QED) is 0.347. The Morgan fingerprint density at radius 2 is 1.29 bits per heavy atom. The first-order valence-electron chi connectivity index (χ1n) is 19.4. The molecule has 0 radical (unpaired) electrons. The van der Waals surface area contributed by atoms with Crippen LogP contribution in [0.3, 0.4) is 0 Å². The molecule has 3 nitrogen and oxygen atoms in total.